The first kappa shape index (κ1) is 9.47. The summed E-state index contributed by atoms with van der Waals surface area (Å²) in [6, 6.07) is 1.39. The Kier molecular flexibility index (Phi) is 3.05. The molecule has 64 valence electrons. The highest BCUT2D eigenvalue weighted by Crippen LogP contribution is 2.03. The SMILES string of the molecule is OCc1cnc(Cl)c(B(O)O)c1. The van der Waals surface area contributed by atoms with Crippen LogP contribution in [0.2, 0.25) is 5.15 Å². The van der Waals surface area contributed by atoms with Crippen molar-refractivity contribution < 1.29 is 15.2 Å². The molecule has 1 aromatic rings. The maximum atomic E-state index is 8.77. The van der Waals surface area contributed by atoms with E-state index in [9.17, 15) is 0 Å². The summed E-state index contributed by atoms with van der Waals surface area (Å²) >= 11 is 5.54. The molecule has 0 atom stereocenters. The molecule has 0 amide bonds. The van der Waals surface area contributed by atoms with E-state index in [0.29, 0.717) is 5.56 Å². The fourth-order valence-electron chi connectivity index (χ4n) is 0.778. The van der Waals surface area contributed by atoms with Crippen molar-refractivity contribution in [3.05, 3.63) is 23.0 Å². The van der Waals surface area contributed by atoms with Crippen LogP contribution < -0.4 is 5.46 Å². The molecule has 0 aromatic carbocycles. The zero-order valence-electron chi connectivity index (χ0n) is 6.11. The third-order valence-corrected chi connectivity index (χ3v) is 1.70. The lowest BCUT2D eigenvalue weighted by Crippen LogP contribution is -2.31. The molecule has 6 heteroatoms. The summed E-state index contributed by atoms with van der Waals surface area (Å²) in [6.45, 7) is -0.204. The van der Waals surface area contributed by atoms with Crippen molar-refractivity contribution in [2.75, 3.05) is 0 Å². The van der Waals surface area contributed by atoms with E-state index in [0.717, 1.165) is 0 Å². The Balaban J connectivity index is 3.08. The van der Waals surface area contributed by atoms with E-state index in [2.05, 4.69) is 4.98 Å². The number of nitrogens with zero attached hydrogens (tertiary/aromatic N) is 1. The van der Waals surface area contributed by atoms with Crippen LogP contribution in [0, 0.1) is 0 Å². The monoisotopic (exact) mass is 187 g/mol. The Morgan fingerprint density at radius 1 is 1.50 bits per heavy atom. The van der Waals surface area contributed by atoms with Crippen LogP contribution in [0.5, 0.6) is 0 Å². The van der Waals surface area contributed by atoms with Crippen molar-refractivity contribution >= 4 is 24.2 Å². The minimum Gasteiger partial charge on any atom is -0.423 e. The zero-order valence-corrected chi connectivity index (χ0v) is 6.86. The molecule has 0 saturated heterocycles. The van der Waals surface area contributed by atoms with Gasteiger partial charge in [0.15, 0.2) is 0 Å². The van der Waals surface area contributed by atoms with Gasteiger partial charge in [-0.25, -0.2) is 4.98 Å². The van der Waals surface area contributed by atoms with Crippen molar-refractivity contribution in [2.24, 2.45) is 0 Å². The Hall–Kier alpha value is -0.615. The van der Waals surface area contributed by atoms with E-state index in [1.54, 1.807) is 0 Å². The fourth-order valence-corrected chi connectivity index (χ4v) is 0.979. The summed E-state index contributed by atoms with van der Waals surface area (Å²) < 4.78 is 0. The van der Waals surface area contributed by atoms with Crippen molar-refractivity contribution in [2.45, 2.75) is 6.61 Å². The predicted octanol–water partition coefficient (Wildman–Crippen LogP) is -1.09. The Labute approximate surface area is 74.6 Å². The molecule has 12 heavy (non-hydrogen) atoms. The number of aromatic nitrogens is 1. The normalized spacial score (nSPS) is 10.0. The summed E-state index contributed by atoms with van der Waals surface area (Å²) in [6.07, 6.45) is 1.37. The number of hydrogen-bond donors (Lipinski definition) is 3. The second kappa shape index (κ2) is 3.86. The lowest BCUT2D eigenvalue weighted by Gasteiger charge is -2.03. The van der Waals surface area contributed by atoms with Gasteiger partial charge in [-0.2, -0.15) is 0 Å². The van der Waals surface area contributed by atoms with Gasteiger partial charge in [0.1, 0.15) is 5.15 Å². The van der Waals surface area contributed by atoms with Crippen LogP contribution in [0.4, 0.5) is 0 Å². The first-order valence-corrected chi connectivity index (χ1v) is 3.64. The quantitative estimate of drug-likeness (QED) is 0.406. The highest BCUT2D eigenvalue weighted by molar-refractivity contribution is 6.62. The summed E-state index contributed by atoms with van der Waals surface area (Å²) in [5, 5.41) is 26.3. The predicted molar refractivity (Wildman–Crippen MR) is 45.0 cm³/mol. The molecule has 0 bridgehead atoms. The minimum absolute atomic E-state index is 0.0298. The molecule has 0 saturated carbocycles. The molecule has 1 heterocycles. The largest absolute Gasteiger partial charge is 0.491 e. The number of halogens is 1. The van der Waals surface area contributed by atoms with Crippen molar-refractivity contribution in [3.8, 4) is 0 Å². The van der Waals surface area contributed by atoms with Crippen molar-refractivity contribution in [1.82, 2.24) is 4.98 Å². The van der Waals surface area contributed by atoms with E-state index in [4.69, 9.17) is 26.8 Å². The maximum absolute atomic E-state index is 8.77. The molecule has 0 spiro atoms. The van der Waals surface area contributed by atoms with Gasteiger partial charge in [0.25, 0.3) is 0 Å². The standard InChI is InChI=1S/C6H7BClNO3/c8-6-5(7(11)12)1-4(3-10)2-9-6/h1-2,10-12H,3H2. The molecule has 1 aromatic heterocycles. The Morgan fingerprint density at radius 2 is 2.17 bits per heavy atom. The molecule has 1 rings (SSSR count). The summed E-state index contributed by atoms with van der Waals surface area (Å²) in [5.41, 5.74) is 0.589. The van der Waals surface area contributed by atoms with Crippen LogP contribution in [0.1, 0.15) is 5.56 Å². The number of aliphatic hydroxyl groups excluding tert-OH is 1. The van der Waals surface area contributed by atoms with Gasteiger partial charge < -0.3 is 15.2 Å². The van der Waals surface area contributed by atoms with Gasteiger partial charge in [-0.05, 0) is 5.56 Å². The average molecular weight is 187 g/mol. The molecule has 0 fully saturated rings. The first-order valence-electron chi connectivity index (χ1n) is 3.26. The van der Waals surface area contributed by atoms with Crippen molar-refractivity contribution in [3.63, 3.8) is 0 Å². The van der Waals surface area contributed by atoms with Crippen LogP contribution in [0.25, 0.3) is 0 Å². The summed E-state index contributed by atoms with van der Waals surface area (Å²) in [5.74, 6) is 0. The third kappa shape index (κ3) is 1.95. The zero-order chi connectivity index (χ0) is 9.14. The Bertz CT molecular complexity index is 281. The van der Waals surface area contributed by atoms with Crippen LogP contribution >= 0.6 is 11.6 Å². The second-order valence-electron chi connectivity index (χ2n) is 2.26. The van der Waals surface area contributed by atoms with E-state index in [-0.39, 0.29) is 17.2 Å². The molecular formula is C6H7BClNO3. The number of rotatable bonds is 2. The van der Waals surface area contributed by atoms with Gasteiger partial charge in [0.05, 0.1) is 6.61 Å². The van der Waals surface area contributed by atoms with Crippen molar-refractivity contribution in [1.29, 1.82) is 0 Å². The van der Waals surface area contributed by atoms with Gasteiger partial charge in [-0.1, -0.05) is 17.7 Å². The summed E-state index contributed by atoms with van der Waals surface area (Å²) in [4.78, 5) is 3.66. The highest BCUT2D eigenvalue weighted by atomic mass is 35.5. The highest BCUT2D eigenvalue weighted by Gasteiger charge is 2.16. The van der Waals surface area contributed by atoms with Gasteiger partial charge in [-0.15, -0.1) is 0 Å². The van der Waals surface area contributed by atoms with E-state index < -0.39 is 7.12 Å². The number of aliphatic hydroxyl groups is 1. The van der Waals surface area contributed by atoms with E-state index in [1.807, 2.05) is 0 Å². The van der Waals surface area contributed by atoms with Gasteiger partial charge in [-0.3, -0.25) is 0 Å². The summed E-state index contributed by atoms with van der Waals surface area (Å²) in [7, 11) is -1.66. The lowest BCUT2D eigenvalue weighted by molar-refractivity contribution is 0.281. The fraction of sp³-hybridized carbons (Fsp3) is 0.167. The average Bonchev–Trinajstić information content (AvgIpc) is 2.05. The minimum atomic E-state index is -1.66. The lowest BCUT2D eigenvalue weighted by atomic mass is 9.81. The second-order valence-corrected chi connectivity index (χ2v) is 2.61. The molecule has 0 radical (unpaired) electrons. The van der Waals surface area contributed by atoms with Gasteiger partial charge in [0, 0.05) is 11.7 Å². The first-order chi connectivity index (χ1) is 5.65. The van der Waals surface area contributed by atoms with Gasteiger partial charge in [0.2, 0.25) is 0 Å². The van der Waals surface area contributed by atoms with Crippen LogP contribution in [0.15, 0.2) is 12.3 Å². The molecule has 0 unspecified atom stereocenters. The molecular weight excluding hydrogens is 180 g/mol. The van der Waals surface area contributed by atoms with E-state index >= 15 is 0 Å². The number of hydrogen-bond acceptors (Lipinski definition) is 4. The van der Waals surface area contributed by atoms with E-state index in [1.165, 1.54) is 12.3 Å². The number of pyridine rings is 1. The molecule has 4 nitrogen and oxygen atoms in total. The molecule has 0 aliphatic carbocycles. The third-order valence-electron chi connectivity index (χ3n) is 1.38. The molecule has 0 aliphatic heterocycles. The van der Waals surface area contributed by atoms with Crippen LogP contribution in [-0.4, -0.2) is 27.3 Å². The topological polar surface area (TPSA) is 73.6 Å². The molecule has 0 aliphatic rings. The molecule has 3 N–H and O–H groups in total. The van der Waals surface area contributed by atoms with Crippen LogP contribution in [-0.2, 0) is 6.61 Å². The smallest absolute Gasteiger partial charge is 0.423 e. The maximum Gasteiger partial charge on any atom is 0.491 e. The Morgan fingerprint density at radius 3 is 2.67 bits per heavy atom. The van der Waals surface area contributed by atoms with Gasteiger partial charge >= 0.3 is 7.12 Å². The van der Waals surface area contributed by atoms with Crippen LogP contribution in [0.3, 0.4) is 0 Å².